The van der Waals surface area contributed by atoms with Crippen molar-refractivity contribution in [2.24, 2.45) is 11.8 Å². The fourth-order valence-electron chi connectivity index (χ4n) is 3.14. The van der Waals surface area contributed by atoms with Crippen LogP contribution >= 0.6 is 0 Å². The molecular formula is C12H21NO3. The summed E-state index contributed by atoms with van der Waals surface area (Å²) in [6.45, 7) is 1.39. The van der Waals surface area contributed by atoms with Crippen LogP contribution in [0.4, 0.5) is 4.79 Å². The second kappa shape index (κ2) is 5.04. The van der Waals surface area contributed by atoms with Gasteiger partial charge in [0.25, 0.3) is 0 Å². The Balaban J connectivity index is 1.78. The topological polar surface area (TPSA) is 60.8 Å². The van der Waals surface area contributed by atoms with E-state index < -0.39 is 6.09 Å². The van der Waals surface area contributed by atoms with Gasteiger partial charge in [0.05, 0.1) is 6.10 Å². The molecule has 1 saturated heterocycles. The average molecular weight is 227 g/mol. The van der Waals surface area contributed by atoms with E-state index in [1.54, 1.807) is 0 Å². The predicted molar refractivity (Wildman–Crippen MR) is 60.3 cm³/mol. The van der Waals surface area contributed by atoms with Crippen molar-refractivity contribution in [3.63, 3.8) is 0 Å². The fraction of sp³-hybridized carbons (Fsp3) is 0.917. The van der Waals surface area contributed by atoms with Gasteiger partial charge in [0, 0.05) is 13.1 Å². The van der Waals surface area contributed by atoms with Crippen molar-refractivity contribution < 1.29 is 15.0 Å². The zero-order valence-electron chi connectivity index (χ0n) is 9.64. The quantitative estimate of drug-likeness (QED) is 0.719. The first kappa shape index (κ1) is 11.7. The maximum atomic E-state index is 10.8. The van der Waals surface area contributed by atoms with Crippen LogP contribution in [0.3, 0.4) is 0 Å². The summed E-state index contributed by atoms with van der Waals surface area (Å²) in [5, 5.41) is 18.3. The van der Waals surface area contributed by atoms with Crippen molar-refractivity contribution in [1.29, 1.82) is 0 Å². The van der Waals surface area contributed by atoms with E-state index in [9.17, 15) is 9.90 Å². The minimum absolute atomic E-state index is 0.0876. The summed E-state index contributed by atoms with van der Waals surface area (Å²) in [4.78, 5) is 12.3. The molecule has 1 amide bonds. The average Bonchev–Trinajstić information content (AvgIpc) is 2.30. The van der Waals surface area contributed by atoms with Crippen molar-refractivity contribution in [1.82, 2.24) is 4.90 Å². The number of rotatable bonds is 1. The SMILES string of the molecule is O=C(O)N1CCC(C2CCC(O)CC2)CC1. The molecule has 1 heterocycles. The first-order valence-corrected chi connectivity index (χ1v) is 6.32. The highest BCUT2D eigenvalue weighted by Crippen LogP contribution is 2.35. The zero-order valence-corrected chi connectivity index (χ0v) is 9.64. The molecular weight excluding hydrogens is 206 g/mol. The van der Waals surface area contributed by atoms with Gasteiger partial charge in [-0.15, -0.1) is 0 Å². The van der Waals surface area contributed by atoms with E-state index in [0.717, 1.165) is 44.4 Å². The van der Waals surface area contributed by atoms with Gasteiger partial charge in [-0.05, 0) is 50.4 Å². The normalized spacial score (nSPS) is 32.7. The van der Waals surface area contributed by atoms with E-state index >= 15 is 0 Å². The van der Waals surface area contributed by atoms with Crippen LogP contribution in [0.5, 0.6) is 0 Å². The maximum absolute atomic E-state index is 10.8. The Labute approximate surface area is 96.3 Å². The number of carbonyl (C=O) groups is 1. The third-order valence-electron chi connectivity index (χ3n) is 4.22. The van der Waals surface area contributed by atoms with Gasteiger partial charge in [-0.3, -0.25) is 0 Å². The lowest BCUT2D eigenvalue weighted by Gasteiger charge is -2.37. The molecule has 2 fully saturated rings. The van der Waals surface area contributed by atoms with Crippen LogP contribution in [-0.2, 0) is 0 Å². The molecule has 2 aliphatic rings. The zero-order chi connectivity index (χ0) is 11.5. The third-order valence-corrected chi connectivity index (χ3v) is 4.22. The number of aliphatic hydroxyl groups excluding tert-OH is 1. The van der Waals surface area contributed by atoms with Crippen LogP contribution in [0.2, 0.25) is 0 Å². The lowest BCUT2D eigenvalue weighted by molar-refractivity contribution is 0.0675. The number of hydrogen-bond acceptors (Lipinski definition) is 2. The second-order valence-electron chi connectivity index (χ2n) is 5.18. The van der Waals surface area contributed by atoms with Crippen LogP contribution in [0.25, 0.3) is 0 Å². The molecule has 2 rings (SSSR count). The molecule has 92 valence electrons. The lowest BCUT2D eigenvalue weighted by atomic mass is 9.75. The highest BCUT2D eigenvalue weighted by Gasteiger charge is 2.30. The number of aliphatic hydroxyl groups is 1. The Morgan fingerprint density at radius 1 is 0.938 bits per heavy atom. The number of likely N-dealkylation sites (tertiary alicyclic amines) is 1. The summed E-state index contributed by atoms with van der Waals surface area (Å²) in [6, 6.07) is 0. The van der Waals surface area contributed by atoms with Gasteiger partial charge in [0.2, 0.25) is 0 Å². The molecule has 0 radical (unpaired) electrons. The Morgan fingerprint density at radius 3 is 1.94 bits per heavy atom. The molecule has 4 heteroatoms. The van der Waals surface area contributed by atoms with Crippen molar-refractivity contribution in [3.05, 3.63) is 0 Å². The van der Waals surface area contributed by atoms with Crippen LogP contribution in [0.15, 0.2) is 0 Å². The number of carboxylic acid groups (broad SMARTS) is 1. The van der Waals surface area contributed by atoms with E-state index in [-0.39, 0.29) is 6.10 Å². The molecule has 16 heavy (non-hydrogen) atoms. The molecule has 1 saturated carbocycles. The summed E-state index contributed by atoms with van der Waals surface area (Å²) in [5.74, 6) is 1.41. The van der Waals surface area contributed by atoms with Gasteiger partial charge in [-0.25, -0.2) is 4.79 Å². The molecule has 4 nitrogen and oxygen atoms in total. The standard InChI is InChI=1S/C12H21NO3/c14-11-3-1-9(2-4-11)10-5-7-13(8-6-10)12(15)16/h9-11,14H,1-8H2,(H,15,16). The van der Waals surface area contributed by atoms with Gasteiger partial charge in [0.1, 0.15) is 0 Å². The Morgan fingerprint density at radius 2 is 1.44 bits per heavy atom. The molecule has 0 aromatic heterocycles. The summed E-state index contributed by atoms with van der Waals surface area (Å²) in [7, 11) is 0. The first-order chi connectivity index (χ1) is 7.66. The van der Waals surface area contributed by atoms with Crippen molar-refractivity contribution >= 4 is 6.09 Å². The van der Waals surface area contributed by atoms with Gasteiger partial charge < -0.3 is 15.1 Å². The molecule has 0 atom stereocenters. The molecule has 0 aromatic rings. The molecule has 2 N–H and O–H groups in total. The van der Waals surface area contributed by atoms with Gasteiger partial charge in [0.15, 0.2) is 0 Å². The minimum Gasteiger partial charge on any atom is -0.465 e. The number of amides is 1. The fourth-order valence-corrected chi connectivity index (χ4v) is 3.14. The van der Waals surface area contributed by atoms with Crippen LogP contribution in [-0.4, -0.2) is 40.4 Å². The molecule has 0 aromatic carbocycles. The molecule has 0 spiro atoms. The number of piperidine rings is 1. The Kier molecular flexibility index (Phi) is 3.69. The monoisotopic (exact) mass is 227 g/mol. The lowest BCUT2D eigenvalue weighted by Crippen LogP contribution is -2.40. The van der Waals surface area contributed by atoms with Crippen molar-refractivity contribution in [2.45, 2.75) is 44.6 Å². The van der Waals surface area contributed by atoms with Crippen LogP contribution < -0.4 is 0 Å². The smallest absolute Gasteiger partial charge is 0.407 e. The third kappa shape index (κ3) is 2.67. The molecule has 0 bridgehead atoms. The first-order valence-electron chi connectivity index (χ1n) is 6.32. The second-order valence-corrected chi connectivity index (χ2v) is 5.18. The summed E-state index contributed by atoms with van der Waals surface area (Å²) in [6.07, 6.45) is 5.26. The Hall–Kier alpha value is -0.770. The van der Waals surface area contributed by atoms with E-state index in [1.807, 2.05) is 0 Å². The van der Waals surface area contributed by atoms with E-state index in [1.165, 1.54) is 4.90 Å². The number of nitrogens with zero attached hydrogens (tertiary/aromatic N) is 1. The van der Waals surface area contributed by atoms with Gasteiger partial charge in [-0.2, -0.15) is 0 Å². The van der Waals surface area contributed by atoms with Crippen molar-refractivity contribution in [3.8, 4) is 0 Å². The molecule has 1 aliphatic heterocycles. The van der Waals surface area contributed by atoms with E-state index in [0.29, 0.717) is 19.0 Å². The van der Waals surface area contributed by atoms with Crippen LogP contribution in [0, 0.1) is 11.8 Å². The highest BCUT2D eigenvalue weighted by atomic mass is 16.4. The largest absolute Gasteiger partial charge is 0.465 e. The van der Waals surface area contributed by atoms with E-state index in [2.05, 4.69) is 0 Å². The highest BCUT2D eigenvalue weighted by molar-refractivity contribution is 5.64. The van der Waals surface area contributed by atoms with Crippen molar-refractivity contribution in [2.75, 3.05) is 13.1 Å². The van der Waals surface area contributed by atoms with Gasteiger partial charge >= 0.3 is 6.09 Å². The number of hydrogen-bond donors (Lipinski definition) is 2. The molecule has 0 unspecified atom stereocenters. The van der Waals surface area contributed by atoms with Crippen LogP contribution in [0.1, 0.15) is 38.5 Å². The summed E-state index contributed by atoms with van der Waals surface area (Å²) >= 11 is 0. The minimum atomic E-state index is -0.780. The summed E-state index contributed by atoms with van der Waals surface area (Å²) < 4.78 is 0. The maximum Gasteiger partial charge on any atom is 0.407 e. The summed E-state index contributed by atoms with van der Waals surface area (Å²) in [5.41, 5.74) is 0. The predicted octanol–water partition coefficient (Wildman–Crippen LogP) is 1.93. The Bertz CT molecular complexity index is 241. The van der Waals surface area contributed by atoms with E-state index in [4.69, 9.17) is 5.11 Å². The van der Waals surface area contributed by atoms with Gasteiger partial charge in [-0.1, -0.05) is 0 Å². The molecule has 1 aliphatic carbocycles.